The van der Waals surface area contributed by atoms with Crippen LogP contribution in [0.5, 0.6) is 0 Å². The fourth-order valence-corrected chi connectivity index (χ4v) is 2.99. The monoisotopic (exact) mass is 293 g/mol. The average molecular weight is 293 g/mol. The van der Waals surface area contributed by atoms with E-state index in [0.29, 0.717) is 5.69 Å². The van der Waals surface area contributed by atoms with Crippen molar-refractivity contribution in [2.24, 2.45) is 0 Å². The van der Waals surface area contributed by atoms with Gasteiger partial charge in [-0.05, 0) is 31.0 Å². The van der Waals surface area contributed by atoms with E-state index in [4.69, 9.17) is 5.11 Å². The van der Waals surface area contributed by atoms with Gasteiger partial charge < -0.3 is 5.11 Å². The number of carbonyl (C=O) groups excluding carboxylic acids is 2. The van der Waals surface area contributed by atoms with Crippen molar-refractivity contribution in [3.05, 3.63) is 29.3 Å². The molecule has 1 heterocycles. The highest BCUT2D eigenvalue weighted by Gasteiger charge is 2.40. The van der Waals surface area contributed by atoms with Crippen LogP contribution < -0.4 is 4.90 Å². The van der Waals surface area contributed by atoms with Gasteiger partial charge >= 0.3 is 5.97 Å². The Bertz CT molecular complexity index is 585. The Hall–Kier alpha value is -1.82. The Morgan fingerprint density at radius 1 is 1.40 bits per heavy atom. The smallest absolute Gasteiger partial charge is 0.313 e. The molecule has 6 heteroatoms. The quantitative estimate of drug-likeness (QED) is 0.856. The second kappa shape index (κ2) is 5.66. The number of hydrogen-bond donors (Lipinski definition) is 1. The van der Waals surface area contributed by atoms with Crippen LogP contribution in [-0.4, -0.2) is 33.9 Å². The van der Waals surface area contributed by atoms with Crippen molar-refractivity contribution >= 4 is 35.2 Å². The van der Waals surface area contributed by atoms with Crippen molar-refractivity contribution in [2.75, 3.05) is 10.7 Å². The molecule has 2 rings (SSSR count). The van der Waals surface area contributed by atoms with Gasteiger partial charge in [0.1, 0.15) is 0 Å². The van der Waals surface area contributed by atoms with Crippen LogP contribution in [0.25, 0.3) is 0 Å². The van der Waals surface area contributed by atoms with Crippen LogP contribution in [0.2, 0.25) is 0 Å². The van der Waals surface area contributed by atoms with Gasteiger partial charge in [0.15, 0.2) is 0 Å². The summed E-state index contributed by atoms with van der Waals surface area (Å²) in [4.78, 5) is 36.1. The third-order valence-electron chi connectivity index (χ3n) is 3.33. The first-order valence-corrected chi connectivity index (χ1v) is 7.23. The van der Waals surface area contributed by atoms with Crippen LogP contribution in [0.1, 0.15) is 17.5 Å². The molecular formula is C14H15NO4S. The third kappa shape index (κ3) is 2.70. The predicted octanol–water partition coefficient (Wildman–Crippen LogP) is 1.75. The van der Waals surface area contributed by atoms with Crippen LogP contribution in [0.15, 0.2) is 18.2 Å². The number of thioether (sulfide) groups is 1. The molecule has 1 saturated heterocycles. The molecule has 1 fully saturated rings. The van der Waals surface area contributed by atoms with Crippen LogP contribution in [0, 0.1) is 13.8 Å². The van der Waals surface area contributed by atoms with Gasteiger partial charge in [0.2, 0.25) is 11.8 Å². The van der Waals surface area contributed by atoms with Gasteiger partial charge in [-0.15, -0.1) is 11.8 Å². The number of nitrogens with zero attached hydrogens (tertiary/aromatic N) is 1. The maximum Gasteiger partial charge on any atom is 0.313 e. The first kappa shape index (κ1) is 14.6. The first-order chi connectivity index (χ1) is 9.41. The molecule has 1 N–H and O–H groups in total. The van der Waals surface area contributed by atoms with Crippen LogP contribution in [0.3, 0.4) is 0 Å². The van der Waals surface area contributed by atoms with Crippen LogP contribution in [0.4, 0.5) is 5.69 Å². The number of benzene rings is 1. The van der Waals surface area contributed by atoms with E-state index in [1.807, 2.05) is 19.9 Å². The fourth-order valence-electron chi connectivity index (χ4n) is 2.14. The van der Waals surface area contributed by atoms with Gasteiger partial charge in [0.25, 0.3) is 0 Å². The molecule has 1 aromatic rings. The van der Waals surface area contributed by atoms with Gasteiger partial charge in [-0.2, -0.15) is 0 Å². The summed E-state index contributed by atoms with van der Waals surface area (Å²) < 4.78 is 0. The van der Waals surface area contributed by atoms with E-state index in [2.05, 4.69) is 0 Å². The molecule has 0 spiro atoms. The number of carboxylic acids is 1. The second-order valence-corrected chi connectivity index (χ2v) is 5.87. The van der Waals surface area contributed by atoms with Crippen LogP contribution >= 0.6 is 11.8 Å². The lowest BCUT2D eigenvalue weighted by atomic mass is 10.1. The van der Waals surface area contributed by atoms with Crippen molar-refractivity contribution in [1.29, 1.82) is 0 Å². The first-order valence-electron chi connectivity index (χ1n) is 6.18. The minimum Gasteiger partial charge on any atom is -0.481 e. The van der Waals surface area contributed by atoms with E-state index in [1.165, 1.54) is 4.90 Å². The Balaban J connectivity index is 2.25. The fraction of sp³-hybridized carbons (Fsp3) is 0.357. The number of imide groups is 1. The SMILES string of the molecule is Cc1cccc(N2C(=O)CC(SCC(=O)O)C2=O)c1C. The molecule has 106 valence electrons. The Kier molecular flexibility index (Phi) is 4.13. The van der Waals surface area contributed by atoms with E-state index in [9.17, 15) is 14.4 Å². The standard InChI is InChI=1S/C14H15NO4S/c1-8-4-3-5-10(9(8)2)15-12(16)6-11(14(15)19)20-7-13(17)18/h3-5,11H,6-7H2,1-2H3,(H,17,18). The average Bonchev–Trinajstić information content (AvgIpc) is 2.66. The summed E-state index contributed by atoms with van der Waals surface area (Å²) >= 11 is 1.00. The molecule has 5 nitrogen and oxygen atoms in total. The molecule has 1 aliphatic heterocycles. The number of carbonyl (C=O) groups is 3. The zero-order valence-corrected chi connectivity index (χ0v) is 12.1. The van der Waals surface area contributed by atoms with E-state index in [-0.39, 0.29) is 24.0 Å². The van der Waals surface area contributed by atoms with E-state index in [1.54, 1.807) is 12.1 Å². The maximum absolute atomic E-state index is 12.3. The number of aryl methyl sites for hydroxylation is 1. The lowest BCUT2D eigenvalue weighted by molar-refractivity contribution is -0.134. The van der Waals surface area contributed by atoms with E-state index < -0.39 is 11.2 Å². The summed E-state index contributed by atoms with van der Waals surface area (Å²) in [6.45, 7) is 3.78. The van der Waals surface area contributed by atoms with Crippen molar-refractivity contribution < 1.29 is 19.5 Å². The molecule has 0 aromatic heterocycles. The highest BCUT2D eigenvalue weighted by molar-refractivity contribution is 8.01. The Morgan fingerprint density at radius 3 is 2.75 bits per heavy atom. The number of anilines is 1. The molecular weight excluding hydrogens is 278 g/mol. The van der Waals surface area contributed by atoms with E-state index in [0.717, 1.165) is 22.9 Å². The molecule has 1 atom stereocenters. The minimum absolute atomic E-state index is 0.0597. The third-order valence-corrected chi connectivity index (χ3v) is 4.51. The van der Waals surface area contributed by atoms with Gasteiger partial charge in [0.05, 0.1) is 16.7 Å². The largest absolute Gasteiger partial charge is 0.481 e. The molecule has 1 aliphatic rings. The highest BCUT2D eigenvalue weighted by Crippen LogP contribution is 2.32. The summed E-state index contributed by atoms with van der Waals surface area (Å²) in [6, 6.07) is 5.46. The lowest BCUT2D eigenvalue weighted by Gasteiger charge is -2.18. The predicted molar refractivity (Wildman–Crippen MR) is 76.9 cm³/mol. The highest BCUT2D eigenvalue weighted by atomic mass is 32.2. The topological polar surface area (TPSA) is 74.7 Å². The van der Waals surface area contributed by atoms with Gasteiger partial charge in [0, 0.05) is 6.42 Å². The molecule has 0 saturated carbocycles. The number of amides is 2. The normalized spacial score (nSPS) is 18.7. The summed E-state index contributed by atoms with van der Waals surface area (Å²) in [5.74, 6) is -1.76. The molecule has 1 unspecified atom stereocenters. The molecule has 0 radical (unpaired) electrons. The number of aliphatic carboxylic acids is 1. The molecule has 0 bridgehead atoms. The van der Waals surface area contributed by atoms with E-state index >= 15 is 0 Å². The van der Waals surface area contributed by atoms with Crippen molar-refractivity contribution in [1.82, 2.24) is 0 Å². The minimum atomic E-state index is -0.986. The molecule has 20 heavy (non-hydrogen) atoms. The summed E-state index contributed by atoms with van der Waals surface area (Å²) in [5, 5.41) is 8.06. The van der Waals surface area contributed by atoms with Crippen molar-refractivity contribution in [3.63, 3.8) is 0 Å². The van der Waals surface area contributed by atoms with Crippen molar-refractivity contribution in [3.8, 4) is 0 Å². The summed E-state index contributed by atoms with van der Waals surface area (Å²) in [6.07, 6.45) is 0.0597. The number of hydrogen-bond acceptors (Lipinski definition) is 4. The Labute approximate surface area is 121 Å². The van der Waals surface area contributed by atoms with Gasteiger partial charge in [-0.25, -0.2) is 4.90 Å². The summed E-state index contributed by atoms with van der Waals surface area (Å²) in [5.41, 5.74) is 2.49. The molecule has 2 amide bonds. The van der Waals surface area contributed by atoms with Gasteiger partial charge in [-0.1, -0.05) is 12.1 Å². The summed E-state index contributed by atoms with van der Waals surface area (Å²) in [7, 11) is 0. The number of carboxylic acid groups (broad SMARTS) is 1. The van der Waals surface area contributed by atoms with Gasteiger partial charge in [-0.3, -0.25) is 14.4 Å². The van der Waals surface area contributed by atoms with Crippen LogP contribution in [-0.2, 0) is 14.4 Å². The van der Waals surface area contributed by atoms with Crippen molar-refractivity contribution in [2.45, 2.75) is 25.5 Å². The number of rotatable bonds is 4. The molecule has 0 aliphatic carbocycles. The maximum atomic E-state index is 12.3. The molecule has 1 aromatic carbocycles. The zero-order valence-electron chi connectivity index (χ0n) is 11.3. The second-order valence-electron chi connectivity index (χ2n) is 4.68. The Morgan fingerprint density at radius 2 is 2.10 bits per heavy atom. The lowest BCUT2D eigenvalue weighted by Crippen LogP contribution is -2.32. The zero-order chi connectivity index (χ0) is 14.9.